The van der Waals surface area contributed by atoms with Crippen molar-refractivity contribution in [2.24, 2.45) is 0 Å². The first-order valence-electron chi connectivity index (χ1n) is 7.87. The number of ether oxygens (including phenoxy) is 1. The molecule has 0 bridgehead atoms. The minimum atomic E-state index is -1.12. The Morgan fingerprint density at radius 3 is 2.70 bits per heavy atom. The number of benzene rings is 2. The van der Waals surface area contributed by atoms with Crippen LogP contribution in [0.4, 0.5) is 4.39 Å². The van der Waals surface area contributed by atoms with Crippen LogP contribution in [0.5, 0.6) is 5.75 Å². The first-order chi connectivity index (χ1) is 12.9. The molecule has 2 aromatic carbocycles. The Hall–Kier alpha value is -2.71. The normalized spacial score (nSPS) is 15.4. The molecule has 0 saturated carbocycles. The third-order valence-electron chi connectivity index (χ3n) is 3.64. The lowest BCUT2D eigenvalue weighted by molar-refractivity contribution is -0.140. The van der Waals surface area contributed by atoms with Crippen LogP contribution in [0.25, 0.3) is 6.08 Å². The number of nitrogens with zero attached hydrogens (tertiary/aromatic N) is 1. The first-order valence-corrected chi connectivity index (χ1v) is 9.09. The van der Waals surface area contributed by atoms with E-state index in [2.05, 4.69) is 0 Å². The third-order valence-corrected chi connectivity index (χ3v) is 5.02. The van der Waals surface area contributed by atoms with Crippen LogP contribution < -0.4 is 4.74 Å². The third kappa shape index (κ3) is 4.93. The fraction of sp³-hybridized carbons (Fsp3) is 0.105. The number of carboxylic acid groups (broad SMARTS) is 1. The van der Waals surface area contributed by atoms with Crippen LogP contribution in [-0.2, 0) is 16.2 Å². The van der Waals surface area contributed by atoms with Crippen molar-refractivity contribution < 1.29 is 23.8 Å². The predicted octanol–water partition coefficient (Wildman–Crippen LogP) is 3.69. The Morgan fingerprint density at radius 1 is 1.26 bits per heavy atom. The van der Waals surface area contributed by atoms with Crippen molar-refractivity contribution in [2.45, 2.75) is 6.61 Å². The zero-order chi connectivity index (χ0) is 19.4. The largest absolute Gasteiger partial charge is 0.489 e. The van der Waals surface area contributed by atoms with Crippen molar-refractivity contribution in [1.82, 2.24) is 4.90 Å². The molecule has 1 saturated heterocycles. The molecule has 0 unspecified atom stereocenters. The zero-order valence-electron chi connectivity index (χ0n) is 13.9. The molecule has 0 spiro atoms. The van der Waals surface area contributed by atoms with Gasteiger partial charge in [-0.05, 0) is 41.5 Å². The maximum Gasteiger partial charge on any atom is 0.323 e. The molecule has 1 N–H and O–H groups in total. The second-order valence-corrected chi connectivity index (χ2v) is 7.32. The number of carbonyl (C=O) groups is 2. The molecule has 0 aromatic heterocycles. The van der Waals surface area contributed by atoms with E-state index >= 15 is 0 Å². The molecule has 1 aliphatic heterocycles. The highest BCUT2D eigenvalue weighted by Crippen LogP contribution is 2.32. The second kappa shape index (κ2) is 8.32. The van der Waals surface area contributed by atoms with E-state index in [9.17, 15) is 14.0 Å². The summed E-state index contributed by atoms with van der Waals surface area (Å²) >= 11 is 6.14. The van der Waals surface area contributed by atoms with Crippen LogP contribution in [0.1, 0.15) is 11.1 Å². The molecule has 138 valence electrons. The molecule has 8 heteroatoms. The number of hydrogen-bond donors (Lipinski definition) is 1. The first kappa shape index (κ1) is 19.1. The lowest BCUT2D eigenvalue weighted by atomic mass is 10.2. The summed E-state index contributed by atoms with van der Waals surface area (Å²) in [6.07, 6.45) is 1.64. The van der Waals surface area contributed by atoms with Crippen molar-refractivity contribution in [1.29, 1.82) is 0 Å². The summed E-state index contributed by atoms with van der Waals surface area (Å²) in [5.41, 5.74) is 1.55. The summed E-state index contributed by atoms with van der Waals surface area (Å²) < 4.78 is 18.9. The molecule has 1 fully saturated rings. The van der Waals surface area contributed by atoms with Crippen molar-refractivity contribution in [3.05, 3.63) is 70.4 Å². The minimum Gasteiger partial charge on any atom is -0.489 e. The number of thiocarbonyl (C=S) groups is 1. The van der Waals surface area contributed by atoms with E-state index in [4.69, 9.17) is 22.1 Å². The topological polar surface area (TPSA) is 66.8 Å². The maximum atomic E-state index is 12.9. The number of aliphatic carboxylic acids is 1. The van der Waals surface area contributed by atoms with Crippen LogP contribution in [0, 0.1) is 5.82 Å². The summed E-state index contributed by atoms with van der Waals surface area (Å²) in [5.74, 6) is -1.26. The molecule has 5 nitrogen and oxygen atoms in total. The second-order valence-electron chi connectivity index (χ2n) is 5.65. The summed E-state index contributed by atoms with van der Waals surface area (Å²) in [5, 5.41) is 8.87. The highest BCUT2D eigenvalue weighted by Gasteiger charge is 2.33. The summed E-state index contributed by atoms with van der Waals surface area (Å²) in [6.45, 7) is -0.173. The van der Waals surface area contributed by atoms with Crippen LogP contribution >= 0.6 is 24.0 Å². The van der Waals surface area contributed by atoms with Gasteiger partial charge in [0.25, 0.3) is 5.91 Å². The molecule has 0 aliphatic carbocycles. The highest BCUT2D eigenvalue weighted by molar-refractivity contribution is 8.26. The molecule has 0 radical (unpaired) electrons. The van der Waals surface area contributed by atoms with E-state index in [0.717, 1.165) is 27.8 Å². The van der Waals surface area contributed by atoms with E-state index < -0.39 is 18.4 Å². The average Bonchev–Trinajstić information content (AvgIpc) is 2.89. The van der Waals surface area contributed by atoms with Gasteiger partial charge in [0.05, 0.1) is 4.91 Å². The van der Waals surface area contributed by atoms with E-state index in [1.165, 1.54) is 12.1 Å². The quantitative estimate of drug-likeness (QED) is 0.586. The van der Waals surface area contributed by atoms with Gasteiger partial charge in [-0.25, -0.2) is 4.39 Å². The lowest BCUT2D eigenvalue weighted by Crippen LogP contribution is -2.33. The van der Waals surface area contributed by atoms with Crippen molar-refractivity contribution in [3.63, 3.8) is 0 Å². The monoisotopic (exact) mass is 403 g/mol. The number of halogens is 1. The lowest BCUT2D eigenvalue weighted by Gasteiger charge is -2.10. The van der Waals surface area contributed by atoms with Gasteiger partial charge in [0.2, 0.25) is 0 Å². The van der Waals surface area contributed by atoms with Gasteiger partial charge in [0, 0.05) is 0 Å². The summed E-state index contributed by atoms with van der Waals surface area (Å²) in [7, 11) is 0. The van der Waals surface area contributed by atoms with E-state index in [1.807, 2.05) is 0 Å². The molecule has 0 atom stereocenters. The highest BCUT2D eigenvalue weighted by atomic mass is 32.2. The van der Waals surface area contributed by atoms with Gasteiger partial charge in [0.15, 0.2) is 0 Å². The Morgan fingerprint density at radius 2 is 2.00 bits per heavy atom. The van der Waals surface area contributed by atoms with Crippen LogP contribution in [0.2, 0.25) is 0 Å². The number of rotatable bonds is 6. The molecule has 3 rings (SSSR count). The fourth-order valence-electron chi connectivity index (χ4n) is 2.36. The predicted molar refractivity (Wildman–Crippen MR) is 105 cm³/mol. The van der Waals surface area contributed by atoms with Gasteiger partial charge in [-0.15, -0.1) is 0 Å². The van der Waals surface area contributed by atoms with Crippen molar-refractivity contribution in [3.8, 4) is 5.75 Å². The summed E-state index contributed by atoms with van der Waals surface area (Å²) in [6, 6.07) is 13.1. The van der Waals surface area contributed by atoms with Gasteiger partial charge in [-0.1, -0.05) is 48.2 Å². The Labute approximate surface area is 164 Å². The Kier molecular flexibility index (Phi) is 5.88. The van der Waals surface area contributed by atoms with Gasteiger partial charge in [-0.3, -0.25) is 14.5 Å². The molecule has 2 aromatic rings. The summed E-state index contributed by atoms with van der Waals surface area (Å²) in [4.78, 5) is 24.6. The van der Waals surface area contributed by atoms with E-state index in [0.29, 0.717) is 10.7 Å². The van der Waals surface area contributed by atoms with E-state index in [-0.39, 0.29) is 16.7 Å². The Bertz CT molecular complexity index is 928. The van der Waals surface area contributed by atoms with Crippen molar-refractivity contribution >= 4 is 46.3 Å². The molecule has 1 heterocycles. The van der Waals surface area contributed by atoms with Crippen LogP contribution in [0.3, 0.4) is 0 Å². The van der Waals surface area contributed by atoms with Gasteiger partial charge < -0.3 is 9.84 Å². The van der Waals surface area contributed by atoms with Crippen LogP contribution in [0.15, 0.2) is 53.4 Å². The average molecular weight is 403 g/mol. The molecular formula is C19H14FNO4S2. The smallest absolute Gasteiger partial charge is 0.323 e. The Balaban J connectivity index is 1.71. The SMILES string of the molecule is O=C(O)CN1C(=O)C(=Cc2cccc(OCc3ccc(F)cc3)c2)SC1=S. The number of carbonyl (C=O) groups excluding carboxylic acids is 1. The zero-order valence-corrected chi connectivity index (χ0v) is 15.6. The standard InChI is InChI=1S/C19H14FNO4S2/c20-14-6-4-12(5-7-14)11-25-15-3-1-2-13(8-15)9-16-18(24)21(10-17(22)23)19(26)27-16/h1-9H,10-11H2,(H,22,23). The van der Waals surface area contributed by atoms with Gasteiger partial charge in [-0.2, -0.15) is 0 Å². The molecule has 1 amide bonds. The van der Waals surface area contributed by atoms with Crippen LogP contribution in [-0.4, -0.2) is 32.7 Å². The van der Waals surface area contributed by atoms with Gasteiger partial charge in [0.1, 0.15) is 29.0 Å². The molecule has 1 aliphatic rings. The number of hydrogen-bond acceptors (Lipinski definition) is 5. The minimum absolute atomic E-state index is 0.220. The fourth-order valence-corrected chi connectivity index (χ4v) is 3.62. The maximum absolute atomic E-state index is 12.9. The number of thioether (sulfide) groups is 1. The van der Waals surface area contributed by atoms with Gasteiger partial charge >= 0.3 is 5.97 Å². The molecule has 27 heavy (non-hydrogen) atoms. The molecular weight excluding hydrogens is 389 g/mol. The van der Waals surface area contributed by atoms with E-state index in [1.54, 1.807) is 42.5 Å². The number of carboxylic acids is 1. The number of amides is 1. The van der Waals surface area contributed by atoms with Crippen molar-refractivity contribution in [2.75, 3.05) is 6.54 Å².